The summed E-state index contributed by atoms with van der Waals surface area (Å²) in [5.41, 5.74) is 3.28. The van der Waals surface area contributed by atoms with Crippen LogP contribution in [0.3, 0.4) is 0 Å². The molecule has 1 aliphatic heterocycles. The number of amides is 1. The predicted octanol–water partition coefficient (Wildman–Crippen LogP) is 6.19. The number of anilines is 1. The summed E-state index contributed by atoms with van der Waals surface area (Å²) in [5, 5.41) is 1.42. The van der Waals surface area contributed by atoms with Crippen molar-refractivity contribution in [3.8, 4) is 0 Å². The van der Waals surface area contributed by atoms with E-state index in [0.29, 0.717) is 23.1 Å². The molecule has 5 heteroatoms. The van der Waals surface area contributed by atoms with Gasteiger partial charge in [-0.15, -0.1) is 0 Å². The first-order valence-corrected chi connectivity index (χ1v) is 10.9. The first kappa shape index (κ1) is 20.8. The van der Waals surface area contributed by atoms with Gasteiger partial charge in [-0.3, -0.25) is 4.79 Å². The highest BCUT2D eigenvalue weighted by Gasteiger charge is 2.32. The van der Waals surface area contributed by atoms with Crippen molar-refractivity contribution in [1.29, 1.82) is 0 Å². The molecule has 1 heterocycles. The van der Waals surface area contributed by atoms with Gasteiger partial charge in [0.15, 0.2) is 0 Å². The van der Waals surface area contributed by atoms with Gasteiger partial charge in [0, 0.05) is 35.4 Å². The third-order valence-corrected chi connectivity index (χ3v) is 6.28. The number of hydrogen-bond acceptors (Lipinski definition) is 2. The van der Waals surface area contributed by atoms with E-state index < -0.39 is 0 Å². The molecule has 1 aliphatic rings. The summed E-state index contributed by atoms with van der Waals surface area (Å²) in [7, 11) is 0. The molecular formula is C25H24Cl2N2O. The number of nitrogens with zero attached hydrogens (tertiary/aromatic N) is 2. The van der Waals surface area contributed by atoms with Gasteiger partial charge in [-0.05, 0) is 54.4 Å². The molecule has 0 aliphatic carbocycles. The molecule has 0 saturated carbocycles. The van der Waals surface area contributed by atoms with Gasteiger partial charge in [0.25, 0.3) is 0 Å². The Morgan fingerprint density at radius 2 is 1.47 bits per heavy atom. The van der Waals surface area contributed by atoms with Gasteiger partial charge in [0.1, 0.15) is 0 Å². The maximum atomic E-state index is 13.3. The number of piperazine rings is 1. The molecule has 154 valence electrons. The molecule has 0 radical (unpaired) electrons. The lowest BCUT2D eigenvalue weighted by molar-refractivity contribution is -0.133. The number of carbonyl (C=O) groups excluding carboxylic acids is 1. The van der Waals surface area contributed by atoms with Crippen LogP contribution in [-0.4, -0.2) is 30.4 Å². The van der Waals surface area contributed by atoms with Crippen LogP contribution in [0.5, 0.6) is 0 Å². The minimum absolute atomic E-state index is 0.0455. The molecule has 1 fully saturated rings. The molecule has 30 heavy (non-hydrogen) atoms. The third-order valence-electron chi connectivity index (χ3n) is 5.78. The molecule has 0 N–H and O–H groups in total. The van der Waals surface area contributed by atoms with Crippen LogP contribution in [0.4, 0.5) is 5.69 Å². The van der Waals surface area contributed by atoms with E-state index >= 15 is 0 Å². The zero-order valence-electron chi connectivity index (χ0n) is 16.8. The second-order valence-corrected chi connectivity index (χ2v) is 8.53. The van der Waals surface area contributed by atoms with Crippen molar-refractivity contribution in [1.82, 2.24) is 4.90 Å². The molecule has 0 spiro atoms. The van der Waals surface area contributed by atoms with Crippen molar-refractivity contribution in [2.75, 3.05) is 24.5 Å². The first-order chi connectivity index (χ1) is 14.5. The Morgan fingerprint density at radius 1 is 0.867 bits per heavy atom. The Labute approximate surface area is 187 Å². The third kappa shape index (κ3) is 4.48. The molecule has 1 saturated heterocycles. The second kappa shape index (κ2) is 9.11. The van der Waals surface area contributed by atoms with Crippen molar-refractivity contribution >= 4 is 34.8 Å². The highest BCUT2D eigenvalue weighted by molar-refractivity contribution is 6.30. The molecule has 1 amide bonds. The fourth-order valence-corrected chi connectivity index (χ4v) is 4.31. The molecule has 3 aromatic rings. The van der Waals surface area contributed by atoms with Crippen LogP contribution in [0.2, 0.25) is 10.0 Å². The zero-order valence-corrected chi connectivity index (χ0v) is 18.4. The van der Waals surface area contributed by atoms with Gasteiger partial charge < -0.3 is 9.80 Å². The van der Waals surface area contributed by atoms with E-state index in [1.54, 1.807) is 0 Å². The summed E-state index contributed by atoms with van der Waals surface area (Å²) in [6.45, 7) is 4.05. The Kier molecular flexibility index (Phi) is 6.31. The maximum Gasteiger partial charge on any atom is 0.229 e. The zero-order chi connectivity index (χ0) is 21.1. The fourth-order valence-electron chi connectivity index (χ4n) is 4.05. The summed E-state index contributed by atoms with van der Waals surface area (Å²) in [4.78, 5) is 17.6. The largest absolute Gasteiger partial charge is 0.361 e. The topological polar surface area (TPSA) is 23.6 Å². The maximum absolute atomic E-state index is 13.3. The minimum atomic E-state index is -0.167. The molecular weight excluding hydrogens is 415 g/mol. The molecule has 2 atom stereocenters. The summed E-state index contributed by atoms with van der Waals surface area (Å²) in [6.07, 6.45) is 0. The average Bonchev–Trinajstić information content (AvgIpc) is 2.79. The highest BCUT2D eigenvalue weighted by atomic mass is 35.5. The van der Waals surface area contributed by atoms with Gasteiger partial charge in [0.2, 0.25) is 5.91 Å². The Bertz CT molecular complexity index is 990. The van der Waals surface area contributed by atoms with E-state index in [1.165, 1.54) is 0 Å². The van der Waals surface area contributed by atoms with E-state index in [4.69, 9.17) is 23.2 Å². The second-order valence-electron chi connectivity index (χ2n) is 7.65. The Balaban J connectivity index is 1.61. The summed E-state index contributed by atoms with van der Waals surface area (Å²) >= 11 is 12.2. The summed E-state index contributed by atoms with van der Waals surface area (Å²) in [6, 6.07) is 25.8. The van der Waals surface area contributed by atoms with Gasteiger partial charge in [-0.1, -0.05) is 65.7 Å². The smallest absolute Gasteiger partial charge is 0.229 e. The van der Waals surface area contributed by atoms with E-state index in [9.17, 15) is 4.79 Å². The number of hydrogen-bond donors (Lipinski definition) is 0. The predicted molar refractivity (Wildman–Crippen MR) is 124 cm³/mol. The first-order valence-electron chi connectivity index (χ1n) is 10.1. The monoisotopic (exact) mass is 438 g/mol. The summed E-state index contributed by atoms with van der Waals surface area (Å²) in [5.74, 6) is -0.00457. The van der Waals surface area contributed by atoms with Gasteiger partial charge in [-0.25, -0.2) is 0 Å². The molecule has 3 nitrogen and oxygen atoms in total. The van der Waals surface area contributed by atoms with Crippen LogP contribution in [0, 0.1) is 0 Å². The average molecular weight is 439 g/mol. The van der Waals surface area contributed by atoms with Gasteiger partial charge in [-0.2, -0.15) is 0 Å². The van der Waals surface area contributed by atoms with Crippen molar-refractivity contribution in [2.24, 2.45) is 0 Å². The van der Waals surface area contributed by atoms with Crippen molar-refractivity contribution in [3.63, 3.8) is 0 Å². The standard InChI is InChI=1S/C25H24Cl2N2O/c1-18(19-5-3-2-4-6-19)25(30)28-15-16-29(23-13-11-22(27)12-14-23)24(17-28)20-7-9-21(26)10-8-20/h2-14,18,24H,15-17H2,1H3. The van der Waals surface area contributed by atoms with E-state index in [0.717, 1.165) is 23.4 Å². The van der Waals surface area contributed by atoms with Crippen LogP contribution >= 0.6 is 23.2 Å². The van der Waals surface area contributed by atoms with Crippen molar-refractivity contribution in [3.05, 3.63) is 100 Å². The number of halogens is 2. The van der Waals surface area contributed by atoms with Crippen LogP contribution in [-0.2, 0) is 4.79 Å². The molecule has 4 rings (SSSR count). The number of carbonyl (C=O) groups is 1. The fraction of sp³-hybridized carbons (Fsp3) is 0.240. The summed E-state index contributed by atoms with van der Waals surface area (Å²) < 4.78 is 0. The molecule has 0 aromatic heterocycles. The van der Waals surface area contributed by atoms with Gasteiger partial charge >= 0.3 is 0 Å². The van der Waals surface area contributed by atoms with Crippen LogP contribution in [0.25, 0.3) is 0 Å². The van der Waals surface area contributed by atoms with Crippen molar-refractivity contribution < 1.29 is 4.79 Å². The lowest BCUT2D eigenvalue weighted by atomic mass is 9.97. The number of benzene rings is 3. The van der Waals surface area contributed by atoms with E-state index in [1.807, 2.05) is 90.7 Å². The van der Waals surface area contributed by atoms with Crippen LogP contribution in [0.15, 0.2) is 78.9 Å². The van der Waals surface area contributed by atoms with Crippen LogP contribution < -0.4 is 4.90 Å². The minimum Gasteiger partial charge on any atom is -0.361 e. The Hall–Kier alpha value is -2.49. The van der Waals surface area contributed by atoms with Gasteiger partial charge in [0.05, 0.1) is 12.0 Å². The molecule has 3 aromatic carbocycles. The van der Waals surface area contributed by atoms with Crippen molar-refractivity contribution in [2.45, 2.75) is 18.9 Å². The lowest BCUT2D eigenvalue weighted by Gasteiger charge is -2.44. The normalized spacial score (nSPS) is 17.6. The van der Waals surface area contributed by atoms with E-state index in [2.05, 4.69) is 4.90 Å². The van der Waals surface area contributed by atoms with Crippen LogP contribution in [0.1, 0.15) is 30.0 Å². The molecule has 0 bridgehead atoms. The molecule has 2 unspecified atom stereocenters. The Morgan fingerprint density at radius 3 is 2.10 bits per heavy atom. The quantitative estimate of drug-likeness (QED) is 0.484. The van der Waals surface area contributed by atoms with E-state index in [-0.39, 0.29) is 17.9 Å². The number of rotatable bonds is 4. The SMILES string of the molecule is CC(C(=O)N1CCN(c2ccc(Cl)cc2)C(c2ccc(Cl)cc2)C1)c1ccccc1. The highest BCUT2D eigenvalue weighted by Crippen LogP contribution is 2.33. The lowest BCUT2D eigenvalue weighted by Crippen LogP contribution is -2.51.